The number of H-pyrrole nitrogens is 1. The molecule has 1 aromatic carbocycles. The van der Waals surface area contributed by atoms with Gasteiger partial charge in [0.15, 0.2) is 5.69 Å². The van der Waals surface area contributed by atoms with E-state index >= 15 is 0 Å². The molecule has 0 saturated heterocycles. The fourth-order valence-electron chi connectivity index (χ4n) is 1.54. The van der Waals surface area contributed by atoms with Crippen molar-refractivity contribution in [3.63, 3.8) is 0 Å². The van der Waals surface area contributed by atoms with E-state index in [9.17, 15) is 9.18 Å². The molecule has 0 aliphatic carbocycles. The highest BCUT2D eigenvalue weighted by atomic mass is 79.9. The van der Waals surface area contributed by atoms with Gasteiger partial charge in [0.2, 0.25) is 0 Å². The second-order valence-electron chi connectivity index (χ2n) is 3.68. The number of nitrogens with one attached hydrogen (secondary N) is 1. The summed E-state index contributed by atoms with van der Waals surface area (Å²) in [6.45, 7) is 1.71. The van der Waals surface area contributed by atoms with Gasteiger partial charge in [-0.05, 0) is 41.1 Å². The van der Waals surface area contributed by atoms with E-state index in [2.05, 4.69) is 30.6 Å². The molecule has 1 N–H and O–H groups in total. The topological polar surface area (TPSA) is 55.0 Å². The average molecular weight is 313 g/mol. The van der Waals surface area contributed by atoms with Crippen molar-refractivity contribution in [3.05, 3.63) is 39.9 Å². The molecule has 0 amide bonds. The Morgan fingerprint density at radius 1 is 1.50 bits per heavy atom. The third kappa shape index (κ3) is 2.28. The van der Waals surface area contributed by atoms with Crippen LogP contribution in [0.25, 0.3) is 11.4 Å². The van der Waals surface area contributed by atoms with Crippen molar-refractivity contribution in [2.24, 2.45) is 0 Å². The number of nitrogens with zero attached hydrogens (tertiary/aromatic N) is 1. The van der Waals surface area contributed by atoms with Crippen molar-refractivity contribution in [2.45, 2.75) is 6.92 Å². The van der Waals surface area contributed by atoms with Gasteiger partial charge in [0.1, 0.15) is 11.6 Å². The minimum Gasteiger partial charge on any atom is -0.464 e. The lowest BCUT2D eigenvalue weighted by atomic mass is 10.2. The predicted octanol–water partition coefficient (Wildman–Crippen LogP) is 3.07. The summed E-state index contributed by atoms with van der Waals surface area (Å²) in [5.74, 6) is -0.479. The number of imidazole rings is 1. The zero-order valence-electron chi connectivity index (χ0n) is 9.75. The van der Waals surface area contributed by atoms with Gasteiger partial charge in [-0.25, -0.2) is 14.2 Å². The molecule has 2 rings (SSSR count). The van der Waals surface area contributed by atoms with Gasteiger partial charge in [-0.2, -0.15) is 0 Å². The van der Waals surface area contributed by atoms with Crippen LogP contribution < -0.4 is 0 Å². The Bertz CT molecular complexity index is 610. The summed E-state index contributed by atoms with van der Waals surface area (Å²) in [6, 6.07) is 4.62. The van der Waals surface area contributed by atoms with Gasteiger partial charge >= 0.3 is 5.97 Å². The van der Waals surface area contributed by atoms with E-state index in [1.165, 1.54) is 13.2 Å². The zero-order chi connectivity index (χ0) is 13.3. The highest BCUT2D eigenvalue weighted by Gasteiger charge is 2.16. The molecule has 0 bridgehead atoms. The van der Waals surface area contributed by atoms with Gasteiger partial charge in [-0.15, -0.1) is 0 Å². The van der Waals surface area contributed by atoms with Gasteiger partial charge in [0, 0.05) is 11.3 Å². The molecule has 94 valence electrons. The van der Waals surface area contributed by atoms with E-state index in [0.717, 1.165) is 0 Å². The van der Waals surface area contributed by atoms with Crippen molar-refractivity contribution < 1.29 is 13.9 Å². The van der Waals surface area contributed by atoms with E-state index in [0.29, 0.717) is 21.6 Å². The van der Waals surface area contributed by atoms with Crippen LogP contribution >= 0.6 is 15.9 Å². The van der Waals surface area contributed by atoms with E-state index in [4.69, 9.17) is 0 Å². The number of aryl methyl sites for hydroxylation is 1. The number of carbonyl (C=O) groups excluding carboxylic acids is 1. The molecule has 4 nitrogen and oxygen atoms in total. The molecule has 1 aromatic heterocycles. The number of aromatic amines is 1. The van der Waals surface area contributed by atoms with Crippen LogP contribution in [0.1, 0.15) is 16.2 Å². The molecule has 2 aromatic rings. The first-order valence-corrected chi connectivity index (χ1v) is 5.92. The second kappa shape index (κ2) is 4.89. The standard InChI is InChI=1S/C12H10BrFN2O2/c1-6-10(12(17)18-2)16-11(15-6)7-3-4-8(13)9(14)5-7/h3-5H,1-2H3,(H,15,16). The monoisotopic (exact) mass is 312 g/mol. The van der Waals surface area contributed by atoms with E-state index < -0.39 is 5.97 Å². The fourth-order valence-corrected chi connectivity index (χ4v) is 1.78. The lowest BCUT2D eigenvalue weighted by molar-refractivity contribution is 0.0594. The first kappa shape index (κ1) is 12.8. The molecule has 1 heterocycles. The van der Waals surface area contributed by atoms with Crippen LogP contribution in [0, 0.1) is 12.7 Å². The van der Waals surface area contributed by atoms with Gasteiger partial charge in [0.25, 0.3) is 0 Å². The van der Waals surface area contributed by atoms with Crippen molar-refractivity contribution in [2.75, 3.05) is 7.11 Å². The summed E-state index contributed by atoms with van der Waals surface area (Å²) in [4.78, 5) is 18.5. The molecule has 0 aliphatic heterocycles. The number of methoxy groups -OCH3 is 1. The second-order valence-corrected chi connectivity index (χ2v) is 4.53. The number of esters is 1. The first-order chi connectivity index (χ1) is 8.52. The summed E-state index contributed by atoms with van der Waals surface area (Å²) in [6.07, 6.45) is 0. The summed E-state index contributed by atoms with van der Waals surface area (Å²) in [7, 11) is 1.29. The number of halogens is 2. The molecular weight excluding hydrogens is 303 g/mol. The number of carbonyl (C=O) groups is 1. The number of ether oxygens (including phenoxy) is 1. The van der Waals surface area contributed by atoms with Crippen molar-refractivity contribution in [1.82, 2.24) is 9.97 Å². The van der Waals surface area contributed by atoms with Crippen LogP contribution in [0.2, 0.25) is 0 Å². The summed E-state index contributed by atoms with van der Waals surface area (Å²) in [5, 5.41) is 0. The van der Waals surface area contributed by atoms with Gasteiger partial charge in [0.05, 0.1) is 11.6 Å². The molecular formula is C12H10BrFN2O2. The minimum atomic E-state index is -0.521. The van der Waals surface area contributed by atoms with Gasteiger partial charge in [-0.1, -0.05) is 0 Å². The number of hydrogen-bond acceptors (Lipinski definition) is 3. The van der Waals surface area contributed by atoms with Crippen LogP contribution in [-0.2, 0) is 4.74 Å². The molecule has 0 fully saturated rings. The number of benzene rings is 1. The first-order valence-electron chi connectivity index (χ1n) is 5.13. The van der Waals surface area contributed by atoms with E-state index in [1.54, 1.807) is 19.1 Å². The minimum absolute atomic E-state index is 0.204. The van der Waals surface area contributed by atoms with E-state index in [1.807, 2.05) is 0 Å². The Kier molecular flexibility index (Phi) is 3.47. The van der Waals surface area contributed by atoms with Crippen LogP contribution in [0.15, 0.2) is 22.7 Å². The lowest BCUT2D eigenvalue weighted by Crippen LogP contribution is -2.03. The van der Waals surface area contributed by atoms with Crippen molar-refractivity contribution >= 4 is 21.9 Å². The van der Waals surface area contributed by atoms with Gasteiger partial charge < -0.3 is 9.72 Å². The summed E-state index contributed by atoms with van der Waals surface area (Å²) >= 11 is 3.08. The summed E-state index contributed by atoms with van der Waals surface area (Å²) in [5.41, 5.74) is 1.35. The van der Waals surface area contributed by atoms with Crippen molar-refractivity contribution in [3.8, 4) is 11.4 Å². The van der Waals surface area contributed by atoms with Crippen LogP contribution in [0.4, 0.5) is 4.39 Å². The van der Waals surface area contributed by atoms with Crippen LogP contribution in [-0.4, -0.2) is 23.0 Å². The maximum atomic E-state index is 13.4. The van der Waals surface area contributed by atoms with Crippen LogP contribution in [0.5, 0.6) is 0 Å². The largest absolute Gasteiger partial charge is 0.464 e. The normalized spacial score (nSPS) is 10.4. The molecule has 18 heavy (non-hydrogen) atoms. The Hall–Kier alpha value is -1.69. The maximum absolute atomic E-state index is 13.4. The maximum Gasteiger partial charge on any atom is 0.358 e. The number of hydrogen-bond donors (Lipinski definition) is 1. The third-order valence-corrected chi connectivity index (χ3v) is 3.10. The fraction of sp³-hybridized carbons (Fsp3) is 0.167. The number of rotatable bonds is 2. The number of aromatic nitrogens is 2. The molecule has 0 aliphatic rings. The smallest absolute Gasteiger partial charge is 0.358 e. The Morgan fingerprint density at radius 3 is 2.83 bits per heavy atom. The zero-order valence-corrected chi connectivity index (χ0v) is 11.3. The lowest BCUT2D eigenvalue weighted by Gasteiger charge is -1.98. The highest BCUT2D eigenvalue weighted by molar-refractivity contribution is 9.10. The molecule has 0 saturated carbocycles. The van der Waals surface area contributed by atoms with Crippen LogP contribution in [0.3, 0.4) is 0 Å². The Morgan fingerprint density at radius 2 is 2.22 bits per heavy atom. The molecule has 0 unspecified atom stereocenters. The average Bonchev–Trinajstić information content (AvgIpc) is 2.74. The Labute approximate surface area is 111 Å². The Balaban J connectivity index is 2.45. The predicted molar refractivity (Wildman–Crippen MR) is 67.8 cm³/mol. The van der Waals surface area contributed by atoms with Crippen molar-refractivity contribution in [1.29, 1.82) is 0 Å². The molecule has 6 heteroatoms. The van der Waals surface area contributed by atoms with E-state index in [-0.39, 0.29) is 11.5 Å². The van der Waals surface area contributed by atoms with Gasteiger partial charge in [-0.3, -0.25) is 0 Å². The third-order valence-electron chi connectivity index (χ3n) is 2.46. The SMILES string of the molecule is COC(=O)c1nc(-c2ccc(Br)c(F)c2)[nH]c1C. The molecule has 0 spiro atoms. The summed E-state index contributed by atoms with van der Waals surface area (Å²) < 4.78 is 18.4. The quantitative estimate of drug-likeness (QED) is 0.867. The molecule has 0 radical (unpaired) electrons. The molecule has 0 atom stereocenters. The highest BCUT2D eigenvalue weighted by Crippen LogP contribution is 2.23.